The van der Waals surface area contributed by atoms with Crippen molar-refractivity contribution in [2.24, 2.45) is 0 Å². The number of nitrogens with one attached hydrogen (secondary N) is 1. The quantitative estimate of drug-likeness (QED) is 0.737. The average molecular weight is 459 g/mol. The summed E-state index contributed by atoms with van der Waals surface area (Å²) < 4.78 is 67.4. The van der Waals surface area contributed by atoms with Crippen LogP contribution in [0.4, 0.5) is 8.78 Å². The predicted octanol–water partition coefficient (Wildman–Crippen LogP) is 2.62. The number of piperidine rings is 1. The van der Waals surface area contributed by atoms with Crippen molar-refractivity contribution in [3.8, 4) is 5.75 Å². The van der Waals surface area contributed by atoms with Gasteiger partial charge in [-0.3, -0.25) is 4.79 Å². The molecule has 7 nitrogen and oxygen atoms in total. The minimum Gasteiger partial charge on any atom is -0.425 e. The highest BCUT2D eigenvalue weighted by molar-refractivity contribution is 7.88. The number of hydrogen-bond acceptors (Lipinski definition) is 5. The summed E-state index contributed by atoms with van der Waals surface area (Å²) >= 11 is 0. The van der Waals surface area contributed by atoms with Crippen LogP contribution in [-0.2, 0) is 19.6 Å². The Labute approximate surface area is 181 Å². The molecule has 1 N–H and O–H groups in total. The van der Waals surface area contributed by atoms with Gasteiger partial charge in [0.2, 0.25) is 10.0 Å². The van der Waals surface area contributed by atoms with Crippen LogP contribution in [0.25, 0.3) is 0 Å². The lowest BCUT2D eigenvalue weighted by molar-refractivity contribution is -0.208. The zero-order valence-corrected chi connectivity index (χ0v) is 18.2. The Morgan fingerprint density at radius 3 is 2.55 bits per heavy atom. The molecule has 1 aliphatic carbocycles. The number of hydrogen-bond donors (Lipinski definition) is 1. The van der Waals surface area contributed by atoms with E-state index in [9.17, 15) is 13.2 Å². The van der Waals surface area contributed by atoms with E-state index >= 15 is 8.78 Å². The number of rotatable bonds is 2. The molecule has 172 valence electrons. The third-order valence-electron chi connectivity index (χ3n) is 6.43. The highest BCUT2D eigenvalue weighted by atomic mass is 32.2. The summed E-state index contributed by atoms with van der Waals surface area (Å²) in [5, 5.41) is 0. The van der Waals surface area contributed by atoms with Crippen LogP contribution in [-0.4, -0.2) is 62.9 Å². The molecule has 5 rings (SSSR count). The number of carbonyl (C=O) groups excluding carboxylic acids is 1. The molecule has 31 heavy (non-hydrogen) atoms. The van der Waals surface area contributed by atoms with Crippen LogP contribution in [0.1, 0.15) is 50.0 Å². The van der Waals surface area contributed by atoms with E-state index < -0.39 is 34.1 Å². The summed E-state index contributed by atoms with van der Waals surface area (Å²) in [5.41, 5.74) is 0.680. The Bertz CT molecular complexity index is 918. The molecule has 1 saturated carbocycles. The van der Waals surface area contributed by atoms with E-state index in [0.717, 1.165) is 36.8 Å². The van der Waals surface area contributed by atoms with Crippen molar-refractivity contribution in [1.29, 1.82) is 0 Å². The van der Waals surface area contributed by atoms with Gasteiger partial charge < -0.3 is 14.4 Å². The normalized spacial score (nSPS) is 31.5. The number of benzene rings is 1. The van der Waals surface area contributed by atoms with E-state index in [4.69, 9.17) is 9.47 Å². The smallest absolute Gasteiger partial charge is 0.425 e. The van der Waals surface area contributed by atoms with E-state index in [1.54, 1.807) is 18.2 Å². The maximum atomic E-state index is 15.1. The second kappa shape index (κ2) is 8.63. The molecule has 2 bridgehead atoms. The Hall–Kier alpha value is -1.78. The Morgan fingerprint density at radius 1 is 1.13 bits per heavy atom. The minimum absolute atomic E-state index is 0.00269. The van der Waals surface area contributed by atoms with Gasteiger partial charge in [0.15, 0.2) is 0 Å². The van der Waals surface area contributed by atoms with Crippen molar-refractivity contribution in [3.05, 3.63) is 29.8 Å². The van der Waals surface area contributed by atoms with E-state index in [-0.39, 0.29) is 30.9 Å². The Balaban J connectivity index is 1.70. The van der Waals surface area contributed by atoms with Crippen LogP contribution in [0, 0.1) is 0 Å². The standard InChI is InChI=1S/C21H28F2N2O5S/c1-31(27,28)24-17-6-4-12-25-18(17)13-29-15-10-8-14(9-11-15)16-5-2-3-7-19(16)30-21(22,23)20(25)26/h2-3,5,7,14-15,17-18,24H,4,6,8-13H2,1H3/t14?,15?,17-,18?/m0/s1. The second-order valence-electron chi connectivity index (χ2n) is 8.67. The molecule has 3 aliphatic heterocycles. The maximum Gasteiger partial charge on any atom is 0.482 e. The number of halogens is 2. The fraction of sp³-hybridized carbons (Fsp3) is 0.667. The van der Waals surface area contributed by atoms with Gasteiger partial charge in [-0.15, -0.1) is 0 Å². The number of carbonyl (C=O) groups is 1. The highest BCUT2D eigenvalue weighted by Gasteiger charge is 2.50. The molecule has 1 unspecified atom stereocenters. The zero-order chi connectivity index (χ0) is 22.2. The lowest BCUT2D eigenvalue weighted by Crippen LogP contribution is -2.62. The van der Waals surface area contributed by atoms with Crippen molar-refractivity contribution in [3.63, 3.8) is 0 Å². The van der Waals surface area contributed by atoms with Gasteiger partial charge in [0, 0.05) is 12.6 Å². The topological polar surface area (TPSA) is 84.9 Å². The fourth-order valence-corrected chi connectivity index (χ4v) is 5.79. The first-order valence-corrected chi connectivity index (χ1v) is 12.6. The zero-order valence-electron chi connectivity index (χ0n) is 17.4. The molecule has 10 heteroatoms. The van der Waals surface area contributed by atoms with Gasteiger partial charge in [-0.2, -0.15) is 8.78 Å². The number of nitrogens with zero attached hydrogens (tertiary/aromatic N) is 1. The SMILES string of the molecule is CS(=O)(=O)N[C@H]1CCCN2C(=O)C(F)(F)Oc3ccccc3C3CCC(CC3)OCC12. The minimum atomic E-state index is -4.08. The van der Waals surface area contributed by atoms with Crippen LogP contribution < -0.4 is 9.46 Å². The van der Waals surface area contributed by atoms with Gasteiger partial charge in [-0.1, -0.05) is 18.2 Å². The summed E-state index contributed by atoms with van der Waals surface area (Å²) in [6.07, 6.45) is 0.787. The molecule has 1 aromatic rings. The average Bonchev–Trinajstić information content (AvgIpc) is 2.72. The van der Waals surface area contributed by atoms with E-state index in [1.807, 2.05) is 0 Å². The Morgan fingerprint density at radius 2 is 1.84 bits per heavy atom. The molecular weight excluding hydrogens is 430 g/mol. The largest absolute Gasteiger partial charge is 0.482 e. The van der Waals surface area contributed by atoms with Gasteiger partial charge in [0.25, 0.3) is 0 Å². The second-order valence-corrected chi connectivity index (χ2v) is 10.4. The fourth-order valence-electron chi connectivity index (χ4n) is 4.96. The van der Waals surface area contributed by atoms with Crippen LogP contribution in [0.5, 0.6) is 5.75 Å². The van der Waals surface area contributed by atoms with Crippen molar-refractivity contribution in [2.45, 2.75) is 68.7 Å². The number of fused-ring (bicyclic) bond motifs is 5. The maximum absolute atomic E-state index is 15.1. The molecular formula is C21H28F2N2O5S. The van der Waals surface area contributed by atoms with E-state index in [0.29, 0.717) is 18.4 Å². The van der Waals surface area contributed by atoms with Crippen molar-refractivity contribution >= 4 is 15.9 Å². The molecule has 2 fully saturated rings. The number of ether oxygens (including phenoxy) is 2. The Kier molecular flexibility index (Phi) is 6.24. The van der Waals surface area contributed by atoms with Gasteiger partial charge in [-0.05, 0) is 56.1 Å². The van der Waals surface area contributed by atoms with Crippen LogP contribution >= 0.6 is 0 Å². The van der Waals surface area contributed by atoms with Crippen LogP contribution in [0.2, 0.25) is 0 Å². The summed E-state index contributed by atoms with van der Waals surface area (Å²) in [7, 11) is -3.59. The lowest BCUT2D eigenvalue weighted by Gasteiger charge is -2.42. The van der Waals surface area contributed by atoms with Crippen LogP contribution in [0.15, 0.2) is 24.3 Å². The summed E-state index contributed by atoms with van der Waals surface area (Å²) in [6, 6.07) is 5.11. The molecule has 2 atom stereocenters. The first-order valence-electron chi connectivity index (χ1n) is 10.7. The summed E-state index contributed by atoms with van der Waals surface area (Å²) in [4.78, 5) is 13.9. The van der Waals surface area contributed by atoms with E-state index in [1.165, 1.54) is 6.07 Å². The summed E-state index contributed by atoms with van der Waals surface area (Å²) in [6.45, 7) is 0.0833. The molecule has 0 spiro atoms. The molecule has 1 amide bonds. The third-order valence-corrected chi connectivity index (χ3v) is 7.16. The summed E-state index contributed by atoms with van der Waals surface area (Å²) in [5.74, 6) is -1.39. The molecule has 1 aromatic carbocycles. The van der Waals surface area contributed by atoms with Gasteiger partial charge in [-0.25, -0.2) is 13.1 Å². The first kappa shape index (κ1) is 22.4. The predicted molar refractivity (Wildman–Crippen MR) is 109 cm³/mol. The molecule has 1 saturated heterocycles. The number of amides is 1. The molecule has 3 heterocycles. The van der Waals surface area contributed by atoms with Gasteiger partial charge in [0.1, 0.15) is 5.75 Å². The first-order chi connectivity index (χ1) is 14.6. The van der Waals surface area contributed by atoms with Crippen molar-refractivity contribution in [1.82, 2.24) is 9.62 Å². The van der Waals surface area contributed by atoms with Gasteiger partial charge >= 0.3 is 12.0 Å². The van der Waals surface area contributed by atoms with Crippen molar-refractivity contribution < 1.29 is 31.5 Å². The molecule has 0 aromatic heterocycles. The van der Waals surface area contributed by atoms with Crippen molar-refractivity contribution in [2.75, 3.05) is 19.4 Å². The third kappa shape index (κ3) is 5.01. The highest BCUT2D eigenvalue weighted by Crippen LogP contribution is 2.40. The monoisotopic (exact) mass is 458 g/mol. The number of sulfonamides is 1. The number of alkyl halides is 2. The lowest BCUT2D eigenvalue weighted by atomic mass is 9.82. The van der Waals surface area contributed by atoms with Gasteiger partial charge in [0.05, 0.1) is 25.0 Å². The van der Waals surface area contributed by atoms with E-state index in [2.05, 4.69) is 4.72 Å². The number of para-hydroxylation sites is 1. The van der Waals surface area contributed by atoms with Crippen LogP contribution in [0.3, 0.4) is 0 Å². The molecule has 0 radical (unpaired) electrons. The molecule has 4 aliphatic rings.